The molecule has 1 aromatic carbocycles. The molecule has 0 amide bonds. The van der Waals surface area contributed by atoms with Gasteiger partial charge in [-0.1, -0.05) is 35.5 Å². The quantitative estimate of drug-likeness (QED) is 0.746. The molecule has 0 radical (unpaired) electrons. The lowest BCUT2D eigenvalue weighted by molar-refractivity contribution is -0.0113. The average Bonchev–Trinajstić information content (AvgIpc) is 3.37. The van der Waals surface area contributed by atoms with E-state index < -0.39 is 0 Å². The zero-order chi connectivity index (χ0) is 22.4. The van der Waals surface area contributed by atoms with E-state index in [1.165, 1.54) is 30.5 Å². The largest absolute Gasteiger partial charge is 0.381 e. The number of piperidine rings is 2. The molecule has 4 saturated heterocycles. The summed E-state index contributed by atoms with van der Waals surface area (Å²) in [4.78, 5) is 2.91. The average molecular weight is 451 g/mol. The van der Waals surface area contributed by atoms with E-state index >= 15 is 0 Å². The number of nitrogens with zero attached hydrogens (tertiary/aromatic N) is 4. The third kappa shape index (κ3) is 3.83. The fourth-order valence-electron chi connectivity index (χ4n) is 7.40. The first-order valence-electron chi connectivity index (χ1n) is 13.0. The van der Waals surface area contributed by atoms with Crippen molar-refractivity contribution < 1.29 is 4.74 Å². The van der Waals surface area contributed by atoms with Gasteiger partial charge in [0.25, 0.3) is 0 Å². The molecule has 2 aromatic rings. The second-order valence-electron chi connectivity index (χ2n) is 10.5. The highest BCUT2D eigenvalue weighted by molar-refractivity contribution is 5.24. The molecule has 4 aliphatic heterocycles. The molecule has 5 unspecified atom stereocenters. The Morgan fingerprint density at radius 2 is 1.88 bits per heavy atom. The van der Waals surface area contributed by atoms with Crippen LogP contribution in [-0.2, 0) is 11.8 Å². The number of rotatable bonds is 4. The van der Waals surface area contributed by atoms with Crippen molar-refractivity contribution in [2.24, 2.45) is 18.9 Å². The van der Waals surface area contributed by atoms with E-state index in [0.717, 1.165) is 44.7 Å². The molecule has 0 bridgehead atoms. The summed E-state index contributed by atoms with van der Waals surface area (Å²) >= 11 is 0. The Labute approximate surface area is 197 Å². The van der Waals surface area contributed by atoms with Crippen LogP contribution in [-0.4, -0.2) is 57.9 Å². The summed E-state index contributed by atoms with van der Waals surface area (Å²) < 4.78 is 7.77. The van der Waals surface area contributed by atoms with Crippen LogP contribution in [0.3, 0.4) is 0 Å². The third-order valence-electron chi connectivity index (χ3n) is 8.76. The van der Waals surface area contributed by atoms with E-state index in [1.807, 2.05) is 11.7 Å². The highest BCUT2D eigenvalue weighted by Gasteiger charge is 2.55. The van der Waals surface area contributed by atoms with Gasteiger partial charge in [-0.2, -0.15) is 0 Å². The lowest BCUT2D eigenvalue weighted by Gasteiger charge is -2.46. The second-order valence-corrected chi connectivity index (χ2v) is 10.5. The minimum atomic E-state index is 0.306. The van der Waals surface area contributed by atoms with Gasteiger partial charge in [-0.3, -0.25) is 14.9 Å². The van der Waals surface area contributed by atoms with E-state index in [2.05, 4.69) is 63.1 Å². The van der Waals surface area contributed by atoms with Crippen molar-refractivity contribution in [2.45, 2.75) is 75.8 Å². The number of nitrogens with one attached hydrogen (secondary N) is 2. The summed E-state index contributed by atoms with van der Waals surface area (Å²) in [5.74, 6) is 1.27. The van der Waals surface area contributed by atoms with E-state index in [-0.39, 0.29) is 0 Å². The van der Waals surface area contributed by atoms with Crippen LogP contribution in [0.2, 0.25) is 0 Å². The summed E-state index contributed by atoms with van der Waals surface area (Å²) in [6, 6.07) is 13.2. The van der Waals surface area contributed by atoms with E-state index in [0.29, 0.717) is 42.2 Å². The number of fused-ring (bicyclic) bond motifs is 3. The number of aromatic nitrogens is 3. The van der Waals surface area contributed by atoms with E-state index in [4.69, 9.17) is 4.74 Å². The minimum Gasteiger partial charge on any atom is -0.381 e. The van der Waals surface area contributed by atoms with Gasteiger partial charge in [0, 0.05) is 44.3 Å². The smallest absolute Gasteiger partial charge is 0.0844 e. The lowest BCUT2D eigenvalue weighted by atomic mass is 9.84. The van der Waals surface area contributed by atoms with Gasteiger partial charge in [0.2, 0.25) is 0 Å². The molecule has 7 heteroatoms. The van der Waals surface area contributed by atoms with Gasteiger partial charge in [-0.15, -0.1) is 5.10 Å². The van der Waals surface area contributed by atoms with Crippen LogP contribution in [0.15, 0.2) is 30.3 Å². The molecule has 6 rings (SSSR count). The number of likely N-dealkylation sites (tertiary alicyclic amines) is 1. The van der Waals surface area contributed by atoms with Gasteiger partial charge >= 0.3 is 0 Å². The van der Waals surface area contributed by atoms with Crippen molar-refractivity contribution in [2.75, 3.05) is 19.8 Å². The highest BCUT2D eigenvalue weighted by Crippen LogP contribution is 2.48. The fraction of sp³-hybridized carbons (Fsp3) is 0.692. The van der Waals surface area contributed by atoms with Crippen molar-refractivity contribution >= 4 is 0 Å². The van der Waals surface area contributed by atoms with Crippen molar-refractivity contribution in [1.82, 2.24) is 30.5 Å². The Morgan fingerprint density at radius 1 is 1.06 bits per heavy atom. The van der Waals surface area contributed by atoms with Crippen LogP contribution in [0, 0.1) is 18.8 Å². The standard InChI is InChI=1S/C26H38N6O/c1-17-24(31(2)30-29-17)21-11-10-20-23-22(9-6-14-27-23)32(26(20)28-21)25(18-7-4-3-5-8-18)19-12-15-33-16-13-19/h3-5,7-8,19-23,25-28H,6,9-16H2,1-2H3/t20?,21?,22?,23?,25-,26?/m0/s1. The van der Waals surface area contributed by atoms with Crippen molar-refractivity contribution in [3.8, 4) is 0 Å². The zero-order valence-electron chi connectivity index (χ0n) is 20.0. The molecule has 4 aliphatic rings. The molecule has 7 nitrogen and oxygen atoms in total. The Hall–Kier alpha value is -1.80. The molecular formula is C26H38N6O. The maximum Gasteiger partial charge on any atom is 0.0844 e. The number of benzene rings is 1. The van der Waals surface area contributed by atoms with Gasteiger partial charge in [-0.05, 0) is 63.5 Å². The Balaban J connectivity index is 1.39. The molecule has 178 valence electrons. The number of aryl methyl sites for hydroxylation is 2. The first kappa shape index (κ1) is 21.7. The molecule has 1 aromatic heterocycles. The minimum absolute atomic E-state index is 0.306. The van der Waals surface area contributed by atoms with E-state index in [9.17, 15) is 0 Å². The monoisotopic (exact) mass is 450 g/mol. The Bertz CT molecular complexity index is 922. The number of hydrogen-bond acceptors (Lipinski definition) is 6. The molecule has 5 heterocycles. The third-order valence-corrected chi connectivity index (χ3v) is 8.76. The van der Waals surface area contributed by atoms with Crippen LogP contribution >= 0.6 is 0 Å². The Kier molecular flexibility index (Phi) is 5.99. The first-order valence-corrected chi connectivity index (χ1v) is 13.0. The van der Waals surface area contributed by atoms with Gasteiger partial charge in [0.1, 0.15) is 0 Å². The molecule has 0 spiro atoms. The van der Waals surface area contributed by atoms with Crippen LogP contribution in [0.5, 0.6) is 0 Å². The van der Waals surface area contributed by atoms with Gasteiger partial charge in [-0.25, -0.2) is 0 Å². The van der Waals surface area contributed by atoms with Crippen molar-refractivity contribution in [3.05, 3.63) is 47.3 Å². The van der Waals surface area contributed by atoms with Crippen molar-refractivity contribution in [1.29, 1.82) is 0 Å². The summed E-state index contributed by atoms with van der Waals surface area (Å²) in [7, 11) is 2.03. The molecule has 0 aliphatic carbocycles. The normalized spacial score (nSPS) is 34.1. The number of hydrogen-bond donors (Lipinski definition) is 2. The van der Waals surface area contributed by atoms with E-state index in [1.54, 1.807) is 0 Å². The lowest BCUT2D eigenvalue weighted by Crippen LogP contribution is -2.54. The molecule has 2 N–H and O–H groups in total. The predicted molar refractivity (Wildman–Crippen MR) is 128 cm³/mol. The van der Waals surface area contributed by atoms with Crippen LogP contribution in [0.4, 0.5) is 0 Å². The molecule has 0 saturated carbocycles. The Morgan fingerprint density at radius 3 is 2.64 bits per heavy atom. The van der Waals surface area contributed by atoms with Gasteiger partial charge in [0.05, 0.1) is 23.6 Å². The topological polar surface area (TPSA) is 67.2 Å². The summed E-state index contributed by atoms with van der Waals surface area (Å²) in [5.41, 5.74) is 3.77. The maximum absolute atomic E-state index is 5.79. The fourth-order valence-corrected chi connectivity index (χ4v) is 7.40. The predicted octanol–water partition coefficient (Wildman–Crippen LogP) is 3.09. The summed E-state index contributed by atoms with van der Waals surface area (Å²) in [6.07, 6.45) is 7.60. The summed E-state index contributed by atoms with van der Waals surface area (Å²) in [5, 5.41) is 16.8. The SMILES string of the molecule is Cc1nnn(C)c1C1CCC2C3NCCCC3N([C@@H](c3ccccc3)C3CCOCC3)C2N1. The summed E-state index contributed by atoms with van der Waals surface area (Å²) in [6.45, 7) is 5.02. The molecule has 4 fully saturated rings. The van der Waals surface area contributed by atoms with Crippen molar-refractivity contribution in [3.63, 3.8) is 0 Å². The van der Waals surface area contributed by atoms with Crippen LogP contribution in [0.25, 0.3) is 0 Å². The number of ether oxygens (including phenoxy) is 1. The van der Waals surface area contributed by atoms with Gasteiger partial charge < -0.3 is 10.1 Å². The molecule has 6 atom stereocenters. The zero-order valence-corrected chi connectivity index (χ0v) is 20.0. The molecule has 33 heavy (non-hydrogen) atoms. The molecular weight excluding hydrogens is 412 g/mol. The van der Waals surface area contributed by atoms with Crippen LogP contribution in [0.1, 0.15) is 67.6 Å². The first-order chi connectivity index (χ1) is 16.2. The second kappa shape index (κ2) is 9.10. The van der Waals surface area contributed by atoms with Crippen LogP contribution < -0.4 is 10.6 Å². The highest BCUT2D eigenvalue weighted by atomic mass is 16.5. The maximum atomic E-state index is 5.79. The van der Waals surface area contributed by atoms with Gasteiger partial charge in [0.15, 0.2) is 0 Å².